The summed E-state index contributed by atoms with van der Waals surface area (Å²) in [5.41, 5.74) is 9.89. The molecule has 3 rings (SSSR count). The highest BCUT2D eigenvalue weighted by molar-refractivity contribution is 5.95. The number of rotatable bonds is 4. The summed E-state index contributed by atoms with van der Waals surface area (Å²) < 4.78 is 0. The molecule has 0 spiro atoms. The van der Waals surface area contributed by atoms with Crippen LogP contribution in [0.15, 0.2) is 30.6 Å². The van der Waals surface area contributed by atoms with Crippen LogP contribution in [-0.4, -0.2) is 22.9 Å². The van der Waals surface area contributed by atoms with E-state index in [9.17, 15) is 0 Å². The van der Waals surface area contributed by atoms with E-state index in [1.165, 1.54) is 11.3 Å². The Morgan fingerprint density at radius 3 is 3.00 bits per heavy atom. The SMILES string of the molecule is CN(Cc1cccc(C(=N)N)c1)c1ncnc2c1CCC2. The lowest BCUT2D eigenvalue weighted by Crippen LogP contribution is -2.20. The van der Waals surface area contributed by atoms with Crippen LogP contribution in [-0.2, 0) is 19.4 Å². The summed E-state index contributed by atoms with van der Waals surface area (Å²) in [5.74, 6) is 1.12. The predicted molar refractivity (Wildman–Crippen MR) is 83.6 cm³/mol. The molecule has 5 nitrogen and oxygen atoms in total. The smallest absolute Gasteiger partial charge is 0.135 e. The monoisotopic (exact) mass is 281 g/mol. The standard InChI is InChI=1S/C16H19N5/c1-21(9-11-4-2-5-12(8-11)15(17)18)16-13-6-3-7-14(13)19-10-20-16/h2,4-5,8,10H,3,6-7,9H2,1H3,(H3,17,18). The van der Waals surface area contributed by atoms with Gasteiger partial charge in [0.05, 0.1) is 0 Å². The Bertz CT molecular complexity index is 680. The molecule has 2 aromatic rings. The molecule has 0 unspecified atom stereocenters. The first-order valence-corrected chi connectivity index (χ1v) is 7.12. The number of aryl methyl sites for hydroxylation is 1. The summed E-state index contributed by atoms with van der Waals surface area (Å²) in [6.45, 7) is 0.741. The van der Waals surface area contributed by atoms with Gasteiger partial charge >= 0.3 is 0 Å². The van der Waals surface area contributed by atoms with E-state index in [0.717, 1.165) is 42.8 Å². The number of nitrogens with two attached hydrogens (primary N) is 1. The van der Waals surface area contributed by atoms with E-state index in [0.29, 0.717) is 0 Å². The molecule has 1 aliphatic carbocycles. The molecule has 0 aliphatic heterocycles. The van der Waals surface area contributed by atoms with Gasteiger partial charge in [-0.15, -0.1) is 0 Å². The van der Waals surface area contributed by atoms with Crippen molar-refractivity contribution in [1.82, 2.24) is 9.97 Å². The van der Waals surface area contributed by atoms with E-state index < -0.39 is 0 Å². The molecule has 0 radical (unpaired) electrons. The summed E-state index contributed by atoms with van der Waals surface area (Å²) in [6, 6.07) is 7.79. The van der Waals surface area contributed by atoms with Gasteiger partial charge in [-0.3, -0.25) is 5.41 Å². The maximum atomic E-state index is 7.52. The van der Waals surface area contributed by atoms with Crippen molar-refractivity contribution >= 4 is 11.7 Å². The number of nitrogens with zero attached hydrogens (tertiary/aromatic N) is 3. The van der Waals surface area contributed by atoms with Crippen LogP contribution in [0.4, 0.5) is 5.82 Å². The topological polar surface area (TPSA) is 78.9 Å². The quantitative estimate of drug-likeness (QED) is 0.662. The van der Waals surface area contributed by atoms with Crippen LogP contribution < -0.4 is 10.6 Å². The van der Waals surface area contributed by atoms with Gasteiger partial charge in [0.25, 0.3) is 0 Å². The van der Waals surface area contributed by atoms with Gasteiger partial charge in [-0.2, -0.15) is 0 Å². The third-order valence-electron chi connectivity index (χ3n) is 3.87. The number of fused-ring (bicyclic) bond motifs is 1. The average molecular weight is 281 g/mol. The van der Waals surface area contributed by atoms with Crippen molar-refractivity contribution in [3.8, 4) is 0 Å². The summed E-state index contributed by atoms with van der Waals surface area (Å²) in [6.07, 6.45) is 4.93. The molecular weight excluding hydrogens is 262 g/mol. The summed E-state index contributed by atoms with van der Waals surface area (Å²) in [7, 11) is 2.04. The highest BCUT2D eigenvalue weighted by Crippen LogP contribution is 2.27. The molecule has 1 aliphatic rings. The van der Waals surface area contributed by atoms with Crippen LogP contribution >= 0.6 is 0 Å². The predicted octanol–water partition coefficient (Wildman–Crippen LogP) is 1.89. The zero-order valence-electron chi connectivity index (χ0n) is 12.1. The van der Waals surface area contributed by atoms with Gasteiger partial charge in [0, 0.05) is 30.4 Å². The third-order valence-corrected chi connectivity index (χ3v) is 3.87. The molecule has 0 fully saturated rings. The Kier molecular flexibility index (Phi) is 3.56. The number of anilines is 1. The molecule has 5 heteroatoms. The zero-order chi connectivity index (χ0) is 14.8. The van der Waals surface area contributed by atoms with E-state index >= 15 is 0 Å². The maximum absolute atomic E-state index is 7.52. The zero-order valence-corrected chi connectivity index (χ0v) is 12.1. The fraction of sp³-hybridized carbons (Fsp3) is 0.312. The molecule has 3 N–H and O–H groups in total. The number of hydrogen-bond acceptors (Lipinski definition) is 4. The molecule has 0 atom stereocenters. The van der Waals surface area contributed by atoms with Crippen molar-refractivity contribution in [3.05, 3.63) is 53.0 Å². The lowest BCUT2D eigenvalue weighted by Gasteiger charge is -2.21. The highest BCUT2D eigenvalue weighted by Gasteiger charge is 2.19. The second-order valence-corrected chi connectivity index (χ2v) is 5.45. The van der Waals surface area contributed by atoms with E-state index in [1.807, 2.05) is 31.3 Å². The minimum absolute atomic E-state index is 0.0995. The van der Waals surface area contributed by atoms with E-state index in [4.69, 9.17) is 11.1 Å². The van der Waals surface area contributed by atoms with Crippen molar-refractivity contribution in [2.24, 2.45) is 5.73 Å². The molecule has 0 bridgehead atoms. The Balaban J connectivity index is 1.84. The van der Waals surface area contributed by atoms with Gasteiger partial charge in [-0.1, -0.05) is 18.2 Å². The lowest BCUT2D eigenvalue weighted by atomic mass is 10.1. The number of aromatic nitrogens is 2. The first-order chi connectivity index (χ1) is 10.1. The molecule has 1 aromatic heterocycles. The van der Waals surface area contributed by atoms with Crippen molar-refractivity contribution in [1.29, 1.82) is 5.41 Å². The Hall–Kier alpha value is -2.43. The molecule has 0 saturated heterocycles. The van der Waals surface area contributed by atoms with Crippen molar-refractivity contribution in [3.63, 3.8) is 0 Å². The van der Waals surface area contributed by atoms with Gasteiger partial charge in [0.15, 0.2) is 0 Å². The first kappa shape index (κ1) is 13.5. The Morgan fingerprint density at radius 1 is 1.33 bits per heavy atom. The average Bonchev–Trinajstić information content (AvgIpc) is 2.95. The third kappa shape index (κ3) is 2.72. The van der Waals surface area contributed by atoms with Crippen molar-refractivity contribution < 1.29 is 0 Å². The molecule has 1 aromatic carbocycles. The van der Waals surface area contributed by atoms with Gasteiger partial charge in [0.1, 0.15) is 18.0 Å². The summed E-state index contributed by atoms with van der Waals surface area (Å²) >= 11 is 0. The Labute approximate surface area is 124 Å². The number of nitrogens with one attached hydrogen (secondary N) is 1. The van der Waals surface area contributed by atoms with Crippen LogP contribution in [0.3, 0.4) is 0 Å². The second kappa shape index (κ2) is 5.52. The van der Waals surface area contributed by atoms with E-state index in [1.54, 1.807) is 6.33 Å². The Morgan fingerprint density at radius 2 is 2.19 bits per heavy atom. The molecule has 108 valence electrons. The lowest BCUT2D eigenvalue weighted by molar-refractivity contribution is 0.870. The van der Waals surface area contributed by atoms with E-state index in [-0.39, 0.29) is 5.84 Å². The van der Waals surface area contributed by atoms with Crippen LogP contribution in [0.2, 0.25) is 0 Å². The first-order valence-electron chi connectivity index (χ1n) is 7.12. The fourth-order valence-corrected chi connectivity index (χ4v) is 2.86. The van der Waals surface area contributed by atoms with Crippen LogP contribution in [0.5, 0.6) is 0 Å². The van der Waals surface area contributed by atoms with Crippen LogP contribution in [0.1, 0.15) is 28.8 Å². The molecule has 0 saturated carbocycles. The van der Waals surface area contributed by atoms with Crippen molar-refractivity contribution in [2.75, 3.05) is 11.9 Å². The van der Waals surface area contributed by atoms with E-state index in [2.05, 4.69) is 14.9 Å². The number of benzene rings is 1. The summed E-state index contributed by atoms with van der Waals surface area (Å²) in [5, 5.41) is 7.52. The van der Waals surface area contributed by atoms with Crippen molar-refractivity contribution in [2.45, 2.75) is 25.8 Å². The molecular formula is C16H19N5. The molecule has 21 heavy (non-hydrogen) atoms. The highest BCUT2D eigenvalue weighted by atomic mass is 15.2. The second-order valence-electron chi connectivity index (χ2n) is 5.45. The minimum atomic E-state index is 0.0995. The minimum Gasteiger partial charge on any atom is -0.384 e. The van der Waals surface area contributed by atoms with Gasteiger partial charge in [-0.05, 0) is 30.9 Å². The summed E-state index contributed by atoms with van der Waals surface area (Å²) in [4.78, 5) is 11.0. The normalized spacial score (nSPS) is 13.0. The van der Waals surface area contributed by atoms with Gasteiger partial charge < -0.3 is 10.6 Å². The number of hydrogen-bond donors (Lipinski definition) is 2. The van der Waals surface area contributed by atoms with Crippen LogP contribution in [0.25, 0.3) is 0 Å². The maximum Gasteiger partial charge on any atom is 0.135 e. The molecule has 1 heterocycles. The number of nitrogen functional groups attached to an aromatic ring is 1. The van der Waals surface area contributed by atoms with Gasteiger partial charge in [-0.25, -0.2) is 9.97 Å². The fourth-order valence-electron chi connectivity index (χ4n) is 2.86. The largest absolute Gasteiger partial charge is 0.384 e. The van der Waals surface area contributed by atoms with Crippen LogP contribution in [0, 0.1) is 5.41 Å². The van der Waals surface area contributed by atoms with Gasteiger partial charge in [0.2, 0.25) is 0 Å². The molecule has 0 amide bonds. The number of amidine groups is 1.